The van der Waals surface area contributed by atoms with Crippen molar-refractivity contribution >= 4 is 48.8 Å². The van der Waals surface area contributed by atoms with Gasteiger partial charge in [-0.2, -0.15) is 0 Å². The number of aromatic nitrogens is 1. The van der Waals surface area contributed by atoms with Crippen LogP contribution in [0.15, 0.2) is 48.7 Å². The van der Waals surface area contributed by atoms with Gasteiger partial charge in [0.2, 0.25) is 0 Å². The second kappa shape index (κ2) is 12.0. The molecular formula is C18H25Cl3N4O. The molecule has 2 heterocycles. The molecule has 8 heteroatoms. The van der Waals surface area contributed by atoms with Gasteiger partial charge in [0.05, 0.1) is 5.69 Å². The fourth-order valence-corrected chi connectivity index (χ4v) is 2.90. The average molecular weight is 420 g/mol. The molecule has 1 aromatic carbocycles. The molecule has 1 amide bonds. The molecule has 1 saturated heterocycles. The van der Waals surface area contributed by atoms with Crippen molar-refractivity contribution in [3.05, 3.63) is 59.9 Å². The summed E-state index contributed by atoms with van der Waals surface area (Å²) in [6, 6.07) is 13.3. The molecule has 0 saturated carbocycles. The van der Waals surface area contributed by atoms with Crippen LogP contribution in [0.25, 0.3) is 0 Å². The summed E-state index contributed by atoms with van der Waals surface area (Å²) in [4.78, 5) is 19.0. The number of piperidine rings is 1. The van der Waals surface area contributed by atoms with E-state index in [1.54, 1.807) is 24.3 Å². The van der Waals surface area contributed by atoms with E-state index < -0.39 is 0 Å². The van der Waals surface area contributed by atoms with E-state index in [1.807, 2.05) is 24.4 Å². The van der Waals surface area contributed by atoms with Crippen LogP contribution in [0.5, 0.6) is 0 Å². The summed E-state index contributed by atoms with van der Waals surface area (Å²) in [7, 11) is 0. The van der Waals surface area contributed by atoms with Gasteiger partial charge in [0.1, 0.15) is 0 Å². The number of nitrogen functional groups attached to an aromatic ring is 1. The minimum absolute atomic E-state index is 0. The zero-order valence-corrected chi connectivity index (χ0v) is 16.8. The number of anilines is 1. The Hall–Kier alpha value is -1.53. The minimum atomic E-state index is -0.0412. The molecule has 3 rings (SSSR count). The van der Waals surface area contributed by atoms with E-state index in [2.05, 4.69) is 15.2 Å². The van der Waals surface area contributed by atoms with Gasteiger partial charge in [-0.3, -0.25) is 14.7 Å². The van der Waals surface area contributed by atoms with Crippen molar-refractivity contribution < 1.29 is 4.79 Å². The largest absolute Gasteiger partial charge is 0.399 e. The predicted molar refractivity (Wildman–Crippen MR) is 113 cm³/mol. The van der Waals surface area contributed by atoms with Gasteiger partial charge in [-0.05, 0) is 43.2 Å². The normalized spacial score (nSPS) is 14.3. The lowest BCUT2D eigenvalue weighted by Crippen LogP contribution is -2.44. The Bertz CT molecular complexity index is 664. The number of pyridine rings is 1. The van der Waals surface area contributed by atoms with Crippen LogP contribution in [0.4, 0.5) is 5.69 Å². The quantitative estimate of drug-likeness (QED) is 0.746. The summed E-state index contributed by atoms with van der Waals surface area (Å²) in [6.45, 7) is 2.81. The van der Waals surface area contributed by atoms with E-state index in [-0.39, 0.29) is 49.2 Å². The van der Waals surface area contributed by atoms with Crippen LogP contribution < -0.4 is 11.1 Å². The fourth-order valence-electron chi connectivity index (χ4n) is 2.90. The van der Waals surface area contributed by atoms with Gasteiger partial charge < -0.3 is 11.1 Å². The van der Waals surface area contributed by atoms with Crippen molar-refractivity contribution in [1.29, 1.82) is 0 Å². The Labute approximate surface area is 173 Å². The number of likely N-dealkylation sites (tertiary alicyclic amines) is 1. The van der Waals surface area contributed by atoms with E-state index in [1.165, 1.54) is 0 Å². The van der Waals surface area contributed by atoms with Gasteiger partial charge in [-0.15, -0.1) is 37.2 Å². The molecule has 1 aromatic heterocycles. The standard InChI is InChI=1S/C18H22N4O.3ClH/c19-15-5-3-4-14(12-15)18(23)21-16-7-10-22(11-8-16)13-17-6-1-2-9-20-17;;;/h1-6,9,12,16H,7-8,10-11,13,19H2,(H,21,23);3*1H. The Kier molecular flexibility index (Phi) is 11.3. The first-order valence-electron chi connectivity index (χ1n) is 7.99. The number of carbonyl (C=O) groups is 1. The molecule has 144 valence electrons. The molecule has 1 aliphatic heterocycles. The van der Waals surface area contributed by atoms with Gasteiger partial charge in [0, 0.05) is 43.1 Å². The molecule has 1 aliphatic rings. The summed E-state index contributed by atoms with van der Waals surface area (Å²) >= 11 is 0. The monoisotopic (exact) mass is 418 g/mol. The van der Waals surface area contributed by atoms with Crippen molar-refractivity contribution in [1.82, 2.24) is 15.2 Å². The predicted octanol–water partition coefficient (Wildman–Crippen LogP) is 3.32. The first-order valence-corrected chi connectivity index (χ1v) is 7.99. The molecule has 5 nitrogen and oxygen atoms in total. The lowest BCUT2D eigenvalue weighted by molar-refractivity contribution is 0.0908. The van der Waals surface area contributed by atoms with Gasteiger partial charge in [0.15, 0.2) is 0 Å². The number of nitrogens with one attached hydrogen (secondary N) is 1. The summed E-state index contributed by atoms with van der Waals surface area (Å²) in [5, 5.41) is 3.11. The van der Waals surface area contributed by atoms with E-state index in [4.69, 9.17) is 5.73 Å². The maximum Gasteiger partial charge on any atom is 0.251 e. The summed E-state index contributed by atoms with van der Waals surface area (Å²) in [5.74, 6) is -0.0412. The van der Waals surface area contributed by atoms with Crippen LogP contribution in [0.3, 0.4) is 0 Å². The molecule has 0 unspecified atom stereocenters. The van der Waals surface area contributed by atoms with Crippen LogP contribution >= 0.6 is 37.2 Å². The van der Waals surface area contributed by atoms with Crippen LogP contribution in [0.2, 0.25) is 0 Å². The third-order valence-electron chi connectivity index (χ3n) is 4.18. The molecule has 2 aromatic rings. The maximum absolute atomic E-state index is 12.2. The second-order valence-corrected chi connectivity index (χ2v) is 5.97. The third kappa shape index (κ3) is 7.00. The van der Waals surface area contributed by atoms with Gasteiger partial charge in [-0.25, -0.2) is 0 Å². The smallest absolute Gasteiger partial charge is 0.251 e. The topological polar surface area (TPSA) is 71.2 Å². The van der Waals surface area contributed by atoms with Crippen molar-refractivity contribution in [2.75, 3.05) is 18.8 Å². The summed E-state index contributed by atoms with van der Waals surface area (Å²) in [6.07, 6.45) is 3.75. The Morgan fingerprint density at radius 1 is 1.12 bits per heavy atom. The number of nitrogens with zero attached hydrogens (tertiary/aromatic N) is 2. The second-order valence-electron chi connectivity index (χ2n) is 5.97. The zero-order chi connectivity index (χ0) is 16.1. The molecule has 1 fully saturated rings. The molecule has 3 N–H and O–H groups in total. The van der Waals surface area contributed by atoms with Crippen molar-refractivity contribution in [3.8, 4) is 0 Å². The Morgan fingerprint density at radius 2 is 1.85 bits per heavy atom. The number of nitrogens with two attached hydrogens (primary N) is 1. The van der Waals surface area contributed by atoms with Crippen molar-refractivity contribution in [3.63, 3.8) is 0 Å². The highest BCUT2D eigenvalue weighted by Gasteiger charge is 2.21. The number of rotatable bonds is 4. The van der Waals surface area contributed by atoms with E-state index >= 15 is 0 Å². The Balaban J connectivity index is 0.00000208. The first kappa shape index (κ1) is 24.5. The van der Waals surface area contributed by atoms with Gasteiger partial charge in [-0.1, -0.05) is 12.1 Å². The summed E-state index contributed by atoms with van der Waals surface area (Å²) in [5.41, 5.74) is 8.06. The highest BCUT2D eigenvalue weighted by atomic mass is 35.5. The number of hydrogen-bond donors (Lipinski definition) is 2. The van der Waals surface area contributed by atoms with E-state index in [0.717, 1.165) is 38.2 Å². The molecule has 0 spiro atoms. The number of amides is 1. The zero-order valence-electron chi connectivity index (χ0n) is 14.3. The lowest BCUT2D eigenvalue weighted by Gasteiger charge is -2.32. The number of hydrogen-bond acceptors (Lipinski definition) is 4. The molecular weight excluding hydrogens is 395 g/mol. The highest BCUT2D eigenvalue weighted by molar-refractivity contribution is 5.95. The van der Waals surface area contributed by atoms with Crippen LogP contribution in [0, 0.1) is 0 Å². The van der Waals surface area contributed by atoms with Crippen LogP contribution in [-0.4, -0.2) is 34.9 Å². The fraction of sp³-hybridized carbons (Fsp3) is 0.333. The van der Waals surface area contributed by atoms with Crippen LogP contribution in [0.1, 0.15) is 28.9 Å². The number of benzene rings is 1. The molecule has 26 heavy (non-hydrogen) atoms. The highest BCUT2D eigenvalue weighted by Crippen LogP contribution is 2.14. The molecule has 0 aliphatic carbocycles. The summed E-state index contributed by atoms with van der Waals surface area (Å²) < 4.78 is 0. The SMILES string of the molecule is Cl.Cl.Cl.Nc1cccc(C(=O)NC2CCN(Cc3ccccn3)CC2)c1. The minimum Gasteiger partial charge on any atom is -0.399 e. The maximum atomic E-state index is 12.2. The molecule has 0 bridgehead atoms. The van der Waals surface area contributed by atoms with Crippen molar-refractivity contribution in [2.45, 2.75) is 25.4 Å². The first-order chi connectivity index (χ1) is 11.2. The average Bonchev–Trinajstić information content (AvgIpc) is 2.57. The van der Waals surface area contributed by atoms with Crippen LogP contribution in [-0.2, 0) is 6.54 Å². The van der Waals surface area contributed by atoms with Gasteiger partial charge >= 0.3 is 0 Å². The third-order valence-corrected chi connectivity index (χ3v) is 4.18. The van der Waals surface area contributed by atoms with Crippen molar-refractivity contribution in [2.24, 2.45) is 0 Å². The Morgan fingerprint density at radius 3 is 2.46 bits per heavy atom. The molecule has 0 radical (unpaired) electrons. The molecule has 0 atom stereocenters. The van der Waals surface area contributed by atoms with E-state index in [9.17, 15) is 4.79 Å². The number of halogens is 3. The van der Waals surface area contributed by atoms with Gasteiger partial charge in [0.25, 0.3) is 5.91 Å². The number of carbonyl (C=O) groups excluding carboxylic acids is 1. The van der Waals surface area contributed by atoms with E-state index in [0.29, 0.717) is 11.3 Å². The lowest BCUT2D eigenvalue weighted by atomic mass is 10.0.